The number of carbonyl (C=O) groups excluding carboxylic acids is 2. The van der Waals surface area contributed by atoms with Gasteiger partial charge in [-0.15, -0.1) is 164 Å². The lowest BCUT2D eigenvalue weighted by atomic mass is 9.91. The molecule has 0 bridgehead atoms. The van der Waals surface area contributed by atoms with Gasteiger partial charge in [-0.25, -0.2) is 16.8 Å². The number of nitrogens with zero attached hydrogens (tertiary/aromatic N) is 2. The van der Waals surface area contributed by atoms with Crippen LogP contribution in [0.15, 0.2) is 48.4 Å². The van der Waals surface area contributed by atoms with Crippen LogP contribution in [0, 0.1) is 0 Å². The van der Waals surface area contributed by atoms with Gasteiger partial charge in [0.1, 0.15) is 18.0 Å². The first-order chi connectivity index (χ1) is 48.1. The number of ether oxygens (including phenoxy) is 8. The van der Waals surface area contributed by atoms with E-state index in [9.17, 15) is 26.4 Å². The summed E-state index contributed by atoms with van der Waals surface area (Å²) in [4.78, 5) is 28.9. The molecule has 2 aromatic carbocycles. The molecule has 51 heteroatoms. The van der Waals surface area contributed by atoms with Gasteiger partial charge in [-0.2, -0.15) is 12.6 Å². The van der Waals surface area contributed by atoms with E-state index >= 15 is 0 Å². The quantitative estimate of drug-likeness (QED) is 0.0386. The summed E-state index contributed by atoms with van der Waals surface area (Å²) in [5.74, 6) is 1.95. The molecular formula is C53H123N2O14P31S4. The van der Waals surface area contributed by atoms with Crippen molar-refractivity contribution in [3.8, 4) is 23.0 Å². The van der Waals surface area contributed by atoms with Gasteiger partial charge in [0.15, 0.2) is 48.4 Å². The van der Waals surface area contributed by atoms with Gasteiger partial charge in [0.05, 0.1) is 58.9 Å². The Hall–Kier alpha value is 10.1. The second-order valence-electron chi connectivity index (χ2n) is 22.5. The largest absolute Gasteiger partial charge is 0.493 e. The zero-order valence-corrected chi connectivity index (χ0v) is 94.5. The van der Waals surface area contributed by atoms with E-state index in [-0.39, 0.29) is 141 Å². The second kappa shape index (κ2) is 63.9. The van der Waals surface area contributed by atoms with Gasteiger partial charge in [-0.05, 0) is 189 Å². The Morgan fingerprint density at radius 2 is 0.923 bits per heavy atom. The average Bonchev–Trinajstić information content (AvgIpc) is 1.14. The summed E-state index contributed by atoms with van der Waals surface area (Å²) >= 11 is 5.09. The molecule has 104 heavy (non-hydrogen) atoms. The fourth-order valence-electron chi connectivity index (χ4n) is 10.8. The maximum Gasteiger partial charge on any atom is 0.321 e. The van der Waals surface area contributed by atoms with Crippen molar-refractivity contribution in [1.29, 1.82) is 0 Å². The molecule has 2 saturated carbocycles. The summed E-state index contributed by atoms with van der Waals surface area (Å²) in [6.45, 7) is 12.9. The lowest BCUT2D eigenvalue weighted by Gasteiger charge is -2.40. The highest BCUT2D eigenvalue weighted by Gasteiger charge is 2.40. The molecule has 16 nitrogen and oxygen atoms in total. The monoisotopic (exact) mass is 2100 g/mol. The van der Waals surface area contributed by atoms with Crippen molar-refractivity contribution in [3.63, 3.8) is 0 Å². The number of esters is 2. The molecule has 22 unspecified atom stereocenters. The Morgan fingerprint density at radius 3 is 1.26 bits per heavy atom. The van der Waals surface area contributed by atoms with Crippen LogP contribution in [-0.4, -0.2) is 171 Å². The zero-order chi connectivity index (χ0) is 77.0. The molecule has 28 atom stereocenters. The van der Waals surface area contributed by atoms with E-state index in [1.54, 1.807) is 28.4 Å². The summed E-state index contributed by atoms with van der Waals surface area (Å²) in [7, 11) is 52.9. The normalized spacial score (nSPS) is 20.7. The Morgan fingerprint density at radius 1 is 0.558 bits per heavy atom. The molecule has 0 spiro atoms. The summed E-state index contributed by atoms with van der Waals surface area (Å²) in [5, 5.41) is 0.751. The van der Waals surface area contributed by atoms with E-state index in [1.807, 2.05) is 50.2 Å². The van der Waals surface area contributed by atoms with Crippen molar-refractivity contribution in [2.75, 3.05) is 95.9 Å². The fourth-order valence-corrected chi connectivity index (χ4v) is 334. The predicted molar refractivity (Wildman–Crippen MR) is 560 cm³/mol. The zero-order valence-electron chi connectivity index (χ0n) is 58.9. The molecule has 0 amide bonds. The Kier molecular flexibility index (Phi) is 70.1. The van der Waals surface area contributed by atoms with Crippen molar-refractivity contribution in [3.05, 3.63) is 59.5 Å². The molecule has 6 rings (SSSR count). The highest BCUT2D eigenvalue weighted by molar-refractivity contribution is 9.31. The Bertz CT molecular complexity index is 2930. The summed E-state index contributed by atoms with van der Waals surface area (Å²) < 4.78 is 92.2. The summed E-state index contributed by atoms with van der Waals surface area (Å²) in [6.07, 6.45) is 11.5. The molecule has 2 aliphatic carbocycles. The van der Waals surface area contributed by atoms with Gasteiger partial charge in [0.2, 0.25) is 0 Å². The van der Waals surface area contributed by atoms with Crippen molar-refractivity contribution < 1.29 is 64.3 Å². The number of hydrogen-bond acceptors (Lipinski definition) is 18. The molecule has 0 aromatic heterocycles. The van der Waals surface area contributed by atoms with Crippen LogP contribution in [0.5, 0.6) is 23.0 Å². The van der Waals surface area contributed by atoms with Crippen LogP contribution in [0.4, 0.5) is 0 Å². The van der Waals surface area contributed by atoms with E-state index in [1.165, 1.54) is 11.8 Å². The van der Waals surface area contributed by atoms with Crippen LogP contribution in [0.3, 0.4) is 0 Å². The number of hydrogen-bond donors (Lipinski definition) is 1. The van der Waals surface area contributed by atoms with Crippen LogP contribution in [0.2, 0.25) is 0 Å². The lowest BCUT2D eigenvalue weighted by molar-refractivity contribution is -0.146. The number of sulfone groups is 2. The maximum absolute atomic E-state index is 12.2. The van der Waals surface area contributed by atoms with E-state index in [0.717, 1.165) is 120 Å². The van der Waals surface area contributed by atoms with Crippen molar-refractivity contribution in [1.82, 2.24) is 9.80 Å². The molecule has 2 aliphatic heterocycles. The highest BCUT2D eigenvalue weighted by Crippen LogP contribution is 3.25. The Labute approximate surface area is 694 Å². The number of carbonyl (C=O) groups is 2. The molecule has 0 N–H and O–H groups in total. The molecule has 2 saturated heterocycles. The second-order valence-corrected chi connectivity index (χ2v) is 147. The molecule has 4 fully saturated rings. The fraction of sp³-hybridized carbons (Fsp3) is 0.698. The minimum Gasteiger partial charge on any atom is -0.493 e. The third-order valence-electron chi connectivity index (χ3n) is 15.2. The minimum atomic E-state index is -3.60. The van der Waals surface area contributed by atoms with E-state index in [0.29, 0.717) is 61.8 Å². The molecule has 2 heterocycles. The van der Waals surface area contributed by atoms with Crippen LogP contribution in [0.25, 0.3) is 0 Å². The first kappa shape index (κ1) is 114. The van der Waals surface area contributed by atoms with Gasteiger partial charge in [0, 0.05) is 43.7 Å². The van der Waals surface area contributed by atoms with E-state index in [4.69, 9.17) is 37.9 Å². The first-order valence-corrected chi connectivity index (χ1v) is 91.8. The van der Waals surface area contributed by atoms with Crippen molar-refractivity contribution in [2.24, 2.45) is 0 Å². The summed E-state index contributed by atoms with van der Waals surface area (Å²) in [6, 6.07) is 12.4. The number of benzene rings is 2. The van der Waals surface area contributed by atoms with E-state index < -0.39 is 43.1 Å². The number of likely N-dealkylation sites (tertiary alicyclic amines) is 2. The van der Waals surface area contributed by atoms with Crippen LogP contribution >= 0.6 is 275 Å². The van der Waals surface area contributed by atoms with E-state index in [2.05, 4.69) is 181 Å². The third kappa shape index (κ3) is 44.6. The number of methoxy groups -OCH3 is 4. The molecule has 608 valence electrons. The molecule has 0 radical (unpaired) electrons. The minimum absolute atomic E-state index is 0. The number of thioether (sulfide) groups is 1. The smallest absolute Gasteiger partial charge is 0.321 e. The molecule has 2 aromatic rings. The average molecular weight is 2100 g/mol. The molecular weight excluding hydrogens is 1980 g/mol. The lowest BCUT2D eigenvalue weighted by Crippen LogP contribution is -2.46. The van der Waals surface area contributed by atoms with Crippen molar-refractivity contribution >= 4 is 307 Å². The SMILES string of the molecule is C.C.C=CS(=O)(=O)CC(=O)O[C@@H]1CCN([C@@H]2CCCC[C@H]2OCCc2ccc(OC)c(OC)c2)C1.CCS.CCSCS(=O)(=O)CC(=O)O[C@@H]1CCN([C@@H]2CCCC[C@H]2OCCc2ccc(OC)c(OC)c2)C1.PP(P)P(P)P(P(P)P)P(P(P)P)P(P)P.PPP(P)P(P(P)P)P(P(P)P)P(P)P. The van der Waals surface area contributed by atoms with Gasteiger partial charge in [0.25, 0.3) is 0 Å². The number of rotatable bonds is 36. The van der Waals surface area contributed by atoms with Gasteiger partial charge < -0.3 is 37.9 Å². The van der Waals surface area contributed by atoms with Gasteiger partial charge in [-0.1, -0.05) is 81.1 Å². The Balaban J connectivity index is 0.00000142. The predicted octanol–water partition coefficient (Wildman–Crippen LogP) is 25.6. The third-order valence-corrected chi connectivity index (χ3v) is 204. The van der Waals surface area contributed by atoms with Crippen LogP contribution in [-0.2, 0) is 61.1 Å². The first-order valence-electron chi connectivity index (χ1n) is 31.7. The topological polar surface area (TPSA) is 183 Å². The maximum atomic E-state index is 12.2. The molecule has 4 aliphatic rings. The number of thiol groups is 1. The van der Waals surface area contributed by atoms with Crippen molar-refractivity contribution in [2.45, 2.75) is 142 Å². The standard InChI is InChI=1S/C25H39NO7S2.C24H35NO7S.C2H6S.2CH4.H18P16.H17P15/c1-4-34-18-35(28,29)17-25(27)33-20-11-13-26(16-20)21-7-5-6-8-22(21)32-14-12-19-9-10-23(30-2)24(15-19)31-3;1-4-33(27,28)17-24(26)32-19-11-13-25(16-19)20-7-5-6-8-21(20)31-14-12-18-9-10-22(29-2)23(15-18)30-3;1-2-3;;;1-10(2)14(9)16(13(7)8)15(11(3)4)12(5)6;1-9-13(8)15(12(6)7)14(10(2)3)11(4)5/h9-10,15,20-22H,4-8,11-14,16-18H2,1-3H3;4,9-10,15,19-21H,1,5-8,11-14,16-17H2,2-3H3;3H,2H2,1H3;2*1H4;1-9H2;9H,1-8H2/t20-,21-,22-;19-,20-,21-;;;;;/m11...../s1. The summed E-state index contributed by atoms with van der Waals surface area (Å²) in [5.41, 5.74) is 2.26. The van der Waals surface area contributed by atoms with Crippen LogP contribution < -0.4 is 18.9 Å². The van der Waals surface area contributed by atoms with Gasteiger partial charge in [-0.3, -0.25) is 19.4 Å². The highest BCUT2D eigenvalue weighted by atomic mass is 33.4. The van der Waals surface area contributed by atoms with Crippen LogP contribution in [0.1, 0.15) is 104 Å². The van der Waals surface area contributed by atoms with Gasteiger partial charge >= 0.3 is 11.9 Å².